The largest absolute Gasteiger partial charge is 0.456 e. The highest BCUT2D eigenvalue weighted by Gasteiger charge is 2.29. The maximum Gasteiger partial charge on any atom is 0.338 e. The predicted octanol–water partition coefficient (Wildman–Crippen LogP) is 2.33. The van der Waals surface area contributed by atoms with E-state index >= 15 is 0 Å². The summed E-state index contributed by atoms with van der Waals surface area (Å²) in [5, 5.41) is 2.75. The van der Waals surface area contributed by atoms with Crippen LogP contribution in [0.1, 0.15) is 36.0 Å². The molecule has 0 bridgehead atoms. The molecule has 1 aliphatic carbocycles. The second-order valence-electron chi connectivity index (χ2n) is 5.94. The van der Waals surface area contributed by atoms with Crippen molar-refractivity contribution in [2.45, 2.75) is 37.9 Å². The molecule has 1 saturated carbocycles. The van der Waals surface area contributed by atoms with Crippen molar-refractivity contribution in [1.29, 1.82) is 0 Å². The van der Waals surface area contributed by atoms with Crippen LogP contribution in [0.4, 0.5) is 10.5 Å². The Morgan fingerprint density at radius 1 is 1.26 bits per heavy atom. The number of esters is 1. The molecular weight excluding hydrogens is 296 g/mol. The van der Waals surface area contributed by atoms with Gasteiger partial charge in [-0.2, -0.15) is 0 Å². The molecule has 124 valence electrons. The van der Waals surface area contributed by atoms with Crippen LogP contribution in [0.25, 0.3) is 0 Å². The smallest absolute Gasteiger partial charge is 0.338 e. The Morgan fingerprint density at radius 3 is 2.74 bits per heavy atom. The van der Waals surface area contributed by atoms with Crippen molar-refractivity contribution in [2.75, 3.05) is 25.1 Å². The van der Waals surface area contributed by atoms with Crippen molar-refractivity contribution >= 4 is 17.7 Å². The fraction of sp³-hybridized carbons (Fsp3) is 0.529. The summed E-state index contributed by atoms with van der Waals surface area (Å²) in [4.78, 5) is 25.8. The number of benzene rings is 1. The summed E-state index contributed by atoms with van der Waals surface area (Å²) in [7, 11) is 1.66. The second kappa shape index (κ2) is 7.00. The number of ether oxygens (including phenoxy) is 2. The molecule has 1 aromatic carbocycles. The Hall–Kier alpha value is -2.08. The molecule has 6 heteroatoms. The molecule has 0 spiro atoms. The van der Waals surface area contributed by atoms with Crippen LogP contribution in [0.5, 0.6) is 0 Å². The first kappa shape index (κ1) is 15.8. The van der Waals surface area contributed by atoms with E-state index in [1.165, 1.54) is 0 Å². The van der Waals surface area contributed by atoms with Crippen molar-refractivity contribution < 1.29 is 19.1 Å². The first-order valence-corrected chi connectivity index (χ1v) is 8.08. The molecule has 3 rings (SSSR count). The van der Waals surface area contributed by atoms with E-state index < -0.39 is 0 Å². The third-order valence-electron chi connectivity index (χ3n) is 4.45. The summed E-state index contributed by atoms with van der Waals surface area (Å²) in [6.07, 6.45) is 3.68. The Labute approximate surface area is 135 Å². The average Bonchev–Trinajstić information content (AvgIpc) is 3.01. The van der Waals surface area contributed by atoms with Crippen LogP contribution in [-0.4, -0.2) is 44.4 Å². The second-order valence-corrected chi connectivity index (χ2v) is 5.94. The van der Waals surface area contributed by atoms with E-state index in [9.17, 15) is 9.59 Å². The zero-order valence-corrected chi connectivity index (χ0v) is 13.3. The first-order chi connectivity index (χ1) is 11.2. The number of nitrogens with zero attached hydrogens (tertiary/aromatic N) is 1. The molecule has 2 atom stereocenters. The summed E-state index contributed by atoms with van der Waals surface area (Å²) in [5.74, 6) is -0.361. The van der Waals surface area contributed by atoms with Gasteiger partial charge in [-0.05, 0) is 37.5 Å². The molecule has 23 heavy (non-hydrogen) atoms. The maximum atomic E-state index is 12.4. The van der Waals surface area contributed by atoms with Gasteiger partial charge in [-0.15, -0.1) is 0 Å². The van der Waals surface area contributed by atoms with Gasteiger partial charge in [-0.1, -0.05) is 12.5 Å². The van der Waals surface area contributed by atoms with Crippen molar-refractivity contribution in [3.63, 3.8) is 0 Å². The Morgan fingerprint density at radius 2 is 2.04 bits per heavy atom. The van der Waals surface area contributed by atoms with E-state index in [0.29, 0.717) is 24.3 Å². The third-order valence-corrected chi connectivity index (χ3v) is 4.45. The van der Waals surface area contributed by atoms with Crippen LogP contribution in [0.3, 0.4) is 0 Å². The molecule has 2 fully saturated rings. The topological polar surface area (TPSA) is 67.9 Å². The molecule has 1 saturated heterocycles. The number of amides is 2. The lowest BCUT2D eigenvalue weighted by Crippen LogP contribution is -2.35. The lowest BCUT2D eigenvalue weighted by Gasteiger charge is -2.30. The molecule has 1 aliphatic heterocycles. The molecule has 1 N–H and O–H groups in total. The first-order valence-electron chi connectivity index (χ1n) is 8.08. The monoisotopic (exact) mass is 318 g/mol. The molecular formula is C17H22N2O4. The highest BCUT2D eigenvalue weighted by Crippen LogP contribution is 2.25. The van der Waals surface area contributed by atoms with Gasteiger partial charge in [0.05, 0.1) is 11.7 Å². The minimum atomic E-state index is -0.361. The van der Waals surface area contributed by atoms with Crippen LogP contribution in [0.15, 0.2) is 24.3 Å². The highest BCUT2D eigenvalue weighted by atomic mass is 16.6. The van der Waals surface area contributed by atoms with Gasteiger partial charge in [0.2, 0.25) is 0 Å². The molecule has 6 nitrogen and oxygen atoms in total. The normalized spacial score (nSPS) is 24.4. The zero-order valence-electron chi connectivity index (χ0n) is 13.3. The van der Waals surface area contributed by atoms with Gasteiger partial charge in [0.1, 0.15) is 6.10 Å². The number of methoxy groups -OCH3 is 1. The summed E-state index contributed by atoms with van der Waals surface area (Å²) >= 11 is 0. The van der Waals surface area contributed by atoms with E-state index in [0.717, 1.165) is 25.7 Å². The van der Waals surface area contributed by atoms with Gasteiger partial charge in [-0.3, -0.25) is 4.90 Å². The molecule has 1 heterocycles. The van der Waals surface area contributed by atoms with Crippen LogP contribution >= 0.6 is 0 Å². The molecule has 0 unspecified atom stereocenters. The molecule has 0 radical (unpaired) electrons. The number of carbonyl (C=O) groups excluding carboxylic acids is 2. The summed E-state index contributed by atoms with van der Waals surface area (Å²) in [6, 6.07) is 6.87. The van der Waals surface area contributed by atoms with E-state index in [1.807, 2.05) is 6.07 Å². The van der Waals surface area contributed by atoms with Crippen molar-refractivity contribution in [1.82, 2.24) is 5.32 Å². The number of nitrogens with one attached hydrogen (secondary N) is 1. The zero-order chi connectivity index (χ0) is 16.2. The van der Waals surface area contributed by atoms with Crippen LogP contribution in [0, 0.1) is 0 Å². The Kier molecular flexibility index (Phi) is 4.81. The third kappa shape index (κ3) is 3.47. The van der Waals surface area contributed by atoms with Gasteiger partial charge in [0.25, 0.3) is 0 Å². The van der Waals surface area contributed by atoms with Gasteiger partial charge in [0.15, 0.2) is 0 Å². The fourth-order valence-electron chi connectivity index (χ4n) is 3.19. The number of carbonyl (C=O) groups is 2. The summed E-state index contributed by atoms with van der Waals surface area (Å²) in [6.45, 7) is 1.22. The average molecular weight is 318 g/mol. The number of hydrogen-bond donors (Lipinski definition) is 1. The molecule has 1 aromatic rings. The molecule has 0 aromatic heterocycles. The van der Waals surface area contributed by atoms with Crippen LogP contribution in [0.2, 0.25) is 0 Å². The number of urea groups is 1. The number of rotatable bonds is 4. The maximum absolute atomic E-state index is 12.4. The number of anilines is 1. The SMILES string of the molecule is CO[C@@H]1CCCC[C@H]1OC(=O)c1cccc(N2CCNC2=O)c1. The Bertz CT molecular complexity index is 590. The quantitative estimate of drug-likeness (QED) is 0.865. The minimum Gasteiger partial charge on any atom is -0.456 e. The lowest BCUT2D eigenvalue weighted by atomic mass is 9.94. The fourth-order valence-corrected chi connectivity index (χ4v) is 3.19. The highest BCUT2D eigenvalue weighted by molar-refractivity contribution is 5.96. The van der Waals surface area contributed by atoms with Crippen molar-refractivity contribution in [3.8, 4) is 0 Å². The number of hydrogen-bond acceptors (Lipinski definition) is 4. The van der Waals surface area contributed by atoms with E-state index in [2.05, 4.69) is 5.32 Å². The standard InChI is InChI=1S/C17H22N2O4/c1-22-14-7-2-3-8-15(14)23-16(20)12-5-4-6-13(11-12)19-10-9-18-17(19)21/h4-6,11,14-15H,2-3,7-10H2,1H3,(H,18,21)/t14-,15-/m1/s1. The predicted molar refractivity (Wildman–Crippen MR) is 85.7 cm³/mol. The van der Waals surface area contributed by atoms with Crippen molar-refractivity contribution in [3.05, 3.63) is 29.8 Å². The lowest BCUT2D eigenvalue weighted by molar-refractivity contribution is -0.0539. The van der Waals surface area contributed by atoms with Crippen LogP contribution < -0.4 is 10.2 Å². The van der Waals surface area contributed by atoms with Crippen LogP contribution in [-0.2, 0) is 9.47 Å². The summed E-state index contributed by atoms with van der Waals surface area (Å²) in [5.41, 5.74) is 1.17. The van der Waals surface area contributed by atoms with E-state index in [4.69, 9.17) is 9.47 Å². The molecule has 2 amide bonds. The van der Waals surface area contributed by atoms with Gasteiger partial charge < -0.3 is 14.8 Å². The van der Waals surface area contributed by atoms with Crippen molar-refractivity contribution in [2.24, 2.45) is 0 Å². The van der Waals surface area contributed by atoms with E-state index in [1.54, 1.807) is 30.2 Å². The Balaban J connectivity index is 1.71. The summed E-state index contributed by atoms with van der Waals surface area (Å²) < 4.78 is 11.1. The minimum absolute atomic E-state index is 0.0276. The van der Waals surface area contributed by atoms with Gasteiger partial charge >= 0.3 is 12.0 Å². The van der Waals surface area contributed by atoms with Gasteiger partial charge in [-0.25, -0.2) is 9.59 Å². The van der Waals surface area contributed by atoms with E-state index in [-0.39, 0.29) is 24.2 Å². The molecule has 2 aliphatic rings. The van der Waals surface area contributed by atoms with Gasteiger partial charge in [0, 0.05) is 25.9 Å².